The molecular formula is C17H16ClFN2O3S. The molecule has 0 amide bonds. The number of sulfonamides is 1. The van der Waals surface area contributed by atoms with Crippen molar-refractivity contribution < 1.29 is 17.5 Å². The van der Waals surface area contributed by atoms with Gasteiger partial charge in [0.2, 0.25) is 10.0 Å². The fourth-order valence-corrected chi connectivity index (χ4v) is 4.09. The average molecular weight is 383 g/mol. The molecule has 5 nitrogen and oxygen atoms in total. The number of benzene rings is 2. The zero-order valence-corrected chi connectivity index (χ0v) is 14.9. The predicted molar refractivity (Wildman–Crippen MR) is 95.2 cm³/mol. The summed E-state index contributed by atoms with van der Waals surface area (Å²) in [4.78, 5) is 2.97. The van der Waals surface area contributed by atoms with Crippen LogP contribution in [0.4, 0.5) is 4.39 Å². The summed E-state index contributed by atoms with van der Waals surface area (Å²) in [7, 11) is -2.37. The van der Waals surface area contributed by atoms with Crippen molar-refractivity contribution in [3.05, 3.63) is 59.0 Å². The van der Waals surface area contributed by atoms with Crippen molar-refractivity contribution in [2.24, 2.45) is 0 Å². The first kappa shape index (κ1) is 17.7. The molecule has 132 valence electrons. The van der Waals surface area contributed by atoms with Gasteiger partial charge in [-0.1, -0.05) is 11.6 Å². The van der Waals surface area contributed by atoms with Gasteiger partial charge in [-0.05, 0) is 48.4 Å². The first-order valence-electron chi connectivity index (χ1n) is 7.49. The van der Waals surface area contributed by atoms with E-state index in [-0.39, 0.29) is 23.0 Å². The van der Waals surface area contributed by atoms with E-state index in [9.17, 15) is 12.8 Å². The van der Waals surface area contributed by atoms with Crippen LogP contribution < -0.4 is 9.46 Å². The predicted octanol–water partition coefficient (Wildman–Crippen LogP) is 3.49. The molecule has 3 rings (SSSR count). The lowest BCUT2D eigenvalue weighted by Gasteiger charge is -2.11. The maximum Gasteiger partial charge on any atom is 0.244 e. The SMILES string of the molecule is COc1ccc(Cl)cc1S(=O)(=O)NCCc1c[nH]c2cc(F)ccc12. The van der Waals surface area contributed by atoms with E-state index in [4.69, 9.17) is 16.3 Å². The molecule has 0 aliphatic rings. The molecule has 0 saturated carbocycles. The first-order valence-corrected chi connectivity index (χ1v) is 9.35. The van der Waals surface area contributed by atoms with E-state index < -0.39 is 10.0 Å². The number of aromatic amines is 1. The number of rotatable bonds is 6. The Hall–Kier alpha value is -2.09. The fourth-order valence-electron chi connectivity index (χ4n) is 2.62. The maximum atomic E-state index is 13.2. The van der Waals surface area contributed by atoms with Gasteiger partial charge in [0, 0.05) is 28.7 Å². The molecule has 0 unspecified atom stereocenters. The highest BCUT2D eigenvalue weighted by molar-refractivity contribution is 7.89. The molecule has 0 aliphatic heterocycles. The third-order valence-electron chi connectivity index (χ3n) is 3.83. The Bertz CT molecular complexity index is 1020. The molecule has 3 aromatic rings. The van der Waals surface area contributed by atoms with Crippen molar-refractivity contribution in [1.82, 2.24) is 9.71 Å². The molecule has 0 fully saturated rings. The maximum absolute atomic E-state index is 13.2. The molecule has 8 heteroatoms. The molecule has 0 atom stereocenters. The molecule has 1 heterocycles. The molecule has 0 radical (unpaired) electrons. The van der Waals surface area contributed by atoms with Gasteiger partial charge < -0.3 is 9.72 Å². The van der Waals surface area contributed by atoms with E-state index in [1.807, 2.05) is 0 Å². The van der Waals surface area contributed by atoms with E-state index in [0.717, 1.165) is 10.9 Å². The average Bonchev–Trinajstić information content (AvgIpc) is 2.97. The van der Waals surface area contributed by atoms with Crippen molar-refractivity contribution in [1.29, 1.82) is 0 Å². The summed E-state index contributed by atoms with van der Waals surface area (Å²) < 4.78 is 45.8. The van der Waals surface area contributed by atoms with Gasteiger partial charge in [-0.2, -0.15) is 0 Å². The van der Waals surface area contributed by atoms with Crippen molar-refractivity contribution in [3.8, 4) is 5.75 Å². The minimum atomic E-state index is -3.77. The van der Waals surface area contributed by atoms with Gasteiger partial charge in [-0.15, -0.1) is 0 Å². The molecule has 0 bridgehead atoms. The van der Waals surface area contributed by atoms with Crippen LogP contribution in [0.15, 0.2) is 47.5 Å². The first-order chi connectivity index (χ1) is 11.9. The summed E-state index contributed by atoms with van der Waals surface area (Å²) in [5, 5.41) is 1.17. The highest BCUT2D eigenvalue weighted by Crippen LogP contribution is 2.27. The monoisotopic (exact) mass is 382 g/mol. The molecule has 0 aliphatic carbocycles. The summed E-state index contributed by atoms with van der Waals surface area (Å²) in [6, 6.07) is 8.86. The van der Waals surface area contributed by atoms with Gasteiger partial charge in [0.1, 0.15) is 16.5 Å². The number of nitrogens with one attached hydrogen (secondary N) is 2. The van der Waals surface area contributed by atoms with Crippen LogP contribution in [0.1, 0.15) is 5.56 Å². The summed E-state index contributed by atoms with van der Waals surface area (Å²) in [5.41, 5.74) is 1.57. The Kier molecular flexibility index (Phi) is 4.99. The fraction of sp³-hybridized carbons (Fsp3) is 0.176. The van der Waals surface area contributed by atoms with Gasteiger partial charge in [0.05, 0.1) is 7.11 Å². The Morgan fingerprint density at radius 1 is 1.24 bits per heavy atom. The summed E-state index contributed by atoms with van der Waals surface area (Å²) in [5.74, 6) is -0.103. The van der Waals surface area contributed by atoms with E-state index in [0.29, 0.717) is 17.0 Å². The van der Waals surface area contributed by atoms with E-state index in [2.05, 4.69) is 9.71 Å². The van der Waals surface area contributed by atoms with Gasteiger partial charge in [0.25, 0.3) is 0 Å². The van der Waals surface area contributed by atoms with Crippen LogP contribution in [0.25, 0.3) is 10.9 Å². The quantitative estimate of drug-likeness (QED) is 0.685. The van der Waals surface area contributed by atoms with Gasteiger partial charge >= 0.3 is 0 Å². The zero-order valence-electron chi connectivity index (χ0n) is 13.3. The number of hydrogen-bond acceptors (Lipinski definition) is 3. The lowest BCUT2D eigenvalue weighted by Crippen LogP contribution is -2.26. The van der Waals surface area contributed by atoms with Crippen molar-refractivity contribution >= 4 is 32.5 Å². The minimum Gasteiger partial charge on any atom is -0.495 e. The van der Waals surface area contributed by atoms with Crippen LogP contribution in [0.2, 0.25) is 5.02 Å². The number of ether oxygens (including phenoxy) is 1. The number of halogens is 2. The minimum absolute atomic E-state index is 0.0107. The standard InChI is InChI=1S/C17H16ClFN2O3S/c1-24-16-5-2-12(18)8-17(16)25(22,23)21-7-6-11-10-20-15-9-13(19)3-4-14(11)15/h2-5,8-10,20-21H,6-7H2,1H3. The van der Waals surface area contributed by atoms with Gasteiger partial charge in [-0.25, -0.2) is 17.5 Å². The smallest absolute Gasteiger partial charge is 0.244 e. The van der Waals surface area contributed by atoms with E-state index in [1.54, 1.807) is 18.3 Å². The molecular weight excluding hydrogens is 367 g/mol. The van der Waals surface area contributed by atoms with Gasteiger partial charge in [0.15, 0.2) is 0 Å². The van der Waals surface area contributed by atoms with E-state index in [1.165, 1.54) is 31.4 Å². The number of aromatic nitrogens is 1. The molecule has 25 heavy (non-hydrogen) atoms. The van der Waals surface area contributed by atoms with Crippen LogP contribution in [0.3, 0.4) is 0 Å². The Morgan fingerprint density at radius 2 is 2.04 bits per heavy atom. The Balaban J connectivity index is 1.75. The van der Waals surface area contributed by atoms with Crippen LogP contribution in [-0.2, 0) is 16.4 Å². The molecule has 1 aromatic heterocycles. The topological polar surface area (TPSA) is 71.2 Å². The molecule has 2 aromatic carbocycles. The number of H-pyrrole nitrogens is 1. The van der Waals surface area contributed by atoms with Crippen molar-refractivity contribution in [2.45, 2.75) is 11.3 Å². The highest BCUT2D eigenvalue weighted by atomic mass is 35.5. The highest BCUT2D eigenvalue weighted by Gasteiger charge is 2.19. The third-order valence-corrected chi connectivity index (χ3v) is 5.55. The third kappa shape index (κ3) is 3.78. The lowest BCUT2D eigenvalue weighted by atomic mass is 10.1. The Morgan fingerprint density at radius 3 is 2.80 bits per heavy atom. The number of fused-ring (bicyclic) bond motifs is 1. The van der Waals surface area contributed by atoms with Crippen LogP contribution in [0, 0.1) is 5.82 Å². The largest absolute Gasteiger partial charge is 0.495 e. The van der Waals surface area contributed by atoms with Crippen LogP contribution in [0.5, 0.6) is 5.75 Å². The Labute approximate surface area is 149 Å². The lowest BCUT2D eigenvalue weighted by molar-refractivity contribution is 0.402. The second-order valence-corrected chi connectivity index (χ2v) is 7.62. The summed E-state index contributed by atoms with van der Waals surface area (Å²) in [6.07, 6.45) is 2.20. The van der Waals surface area contributed by atoms with Gasteiger partial charge in [-0.3, -0.25) is 0 Å². The molecule has 2 N–H and O–H groups in total. The van der Waals surface area contributed by atoms with Crippen LogP contribution in [-0.4, -0.2) is 27.1 Å². The zero-order chi connectivity index (χ0) is 18.0. The van der Waals surface area contributed by atoms with Crippen LogP contribution >= 0.6 is 11.6 Å². The van der Waals surface area contributed by atoms with Crippen molar-refractivity contribution in [3.63, 3.8) is 0 Å². The summed E-state index contributed by atoms with van der Waals surface area (Å²) in [6.45, 7) is 0.183. The molecule has 0 spiro atoms. The van der Waals surface area contributed by atoms with E-state index >= 15 is 0 Å². The second kappa shape index (κ2) is 7.03. The summed E-state index contributed by atoms with van der Waals surface area (Å²) >= 11 is 5.89. The second-order valence-electron chi connectivity index (χ2n) is 5.45. The van der Waals surface area contributed by atoms with Crippen molar-refractivity contribution in [2.75, 3.05) is 13.7 Å². The molecule has 0 saturated heterocycles. The number of hydrogen-bond donors (Lipinski definition) is 2. The number of methoxy groups -OCH3 is 1. The normalized spacial score (nSPS) is 11.8.